The van der Waals surface area contributed by atoms with Gasteiger partial charge in [0.15, 0.2) is 0 Å². The van der Waals surface area contributed by atoms with Crippen molar-refractivity contribution in [2.24, 2.45) is 5.92 Å². The molecule has 0 fully saturated rings. The Kier molecular flexibility index (Phi) is 7.25. The standard InChI is InChI=1S/C16H27ClN2/c1-5-13(6-2)12-19(7-3)15-9-8-14(11-18-4)16(17)10-15/h8-10,13,18H,5-7,11-12H2,1-4H3. The molecule has 1 aromatic rings. The predicted molar refractivity (Wildman–Crippen MR) is 86.2 cm³/mol. The zero-order valence-electron chi connectivity index (χ0n) is 12.7. The van der Waals surface area contributed by atoms with E-state index in [9.17, 15) is 0 Å². The molecule has 0 heterocycles. The van der Waals surface area contributed by atoms with Crippen LogP contribution in [0.15, 0.2) is 18.2 Å². The topological polar surface area (TPSA) is 15.3 Å². The van der Waals surface area contributed by atoms with Crippen molar-refractivity contribution in [2.45, 2.75) is 40.2 Å². The van der Waals surface area contributed by atoms with Crippen molar-refractivity contribution < 1.29 is 0 Å². The Hall–Kier alpha value is -0.730. The molecule has 0 aliphatic rings. The van der Waals surface area contributed by atoms with Crippen molar-refractivity contribution >= 4 is 17.3 Å². The van der Waals surface area contributed by atoms with Crippen LogP contribution in [0.1, 0.15) is 39.2 Å². The Morgan fingerprint density at radius 3 is 2.37 bits per heavy atom. The summed E-state index contributed by atoms with van der Waals surface area (Å²) in [5.74, 6) is 0.760. The number of nitrogens with one attached hydrogen (secondary N) is 1. The first-order valence-electron chi connectivity index (χ1n) is 7.34. The van der Waals surface area contributed by atoms with Crippen LogP contribution in [0.3, 0.4) is 0 Å². The summed E-state index contributed by atoms with van der Waals surface area (Å²) in [5, 5.41) is 4.00. The maximum atomic E-state index is 6.35. The highest BCUT2D eigenvalue weighted by molar-refractivity contribution is 6.31. The van der Waals surface area contributed by atoms with Gasteiger partial charge in [-0.25, -0.2) is 0 Å². The first-order valence-corrected chi connectivity index (χ1v) is 7.71. The SMILES string of the molecule is CCC(CC)CN(CC)c1ccc(CNC)c(Cl)c1. The average molecular weight is 283 g/mol. The number of hydrogen-bond acceptors (Lipinski definition) is 2. The molecule has 0 amide bonds. The first kappa shape index (κ1) is 16.3. The number of anilines is 1. The number of rotatable bonds is 8. The van der Waals surface area contributed by atoms with Crippen LogP contribution in [-0.2, 0) is 6.54 Å². The Balaban J connectivity index is 2.83. The lowest BCUT2D eigenvalue weighted by molar-refractivity contribution is 0.486. The highest BCUT2D eigenvalue weighted by Gasteiger charge is 2.12. The Labute approximate surface area is 123 Å². The van der Waals surface area contributed by atoms with Crippen molar-refractivity contribution in [2.75, 3.05) is 25.0 Å². The molecule has 1 aromatic carbocycles. The van der Waals surface area contributed by atoms with Crippen molar-refractivity contribution in [1.82, 2.24) is 5.32 Å². The molecular formula is C16H27ClN2. The highest BCUT2D eigenvalue weighted by Crippen LogP contribution is 2.25. The predicted octanol–water partition coefficient (Wildman–Crippen LogP) is 4.32. The van der Waals surface area contributed by atoms with Crippen LogP contribution in [0.2, 0.25) is 5.02 Å². The lowest BCUT2D eigenvalue weighted by Crippen LogP contribution is -2.29. The van der Waals surface area contributed by atoms with Crippen molar-refractivity contribution in [3.8, 4) is 0 Å². The molecular weight excluding hydrogens is 256 g/mol. The molecule has 0 bridgehead atoms. The minimum atomic E-state index is 0.760. The number of halogens is 1. The summed E-state index contributed by atoms with van der Waals surface area (Å²) in [5.41, 5.74) is 2.39. The molecule has 0 radical (unpaired) electrons. The van der Waals surface area contributed by atoms with E-state index >= 15 is 0 Å². The summed E-state index contributed by atoms with van der Waals surface area (Å²) in [6.07, 6.45) is 2.47. The number of hydrogen-bond donors (Lipinski definition) is 1. The maximum Gasteiger partial charge on any atom is 0.0471 e. The minimum absolute atomic E-state index is 0.760. The molecule has 0 saturated carbocycles. The van der Waals surface area contributed by atoms with Gasteiger partial charge < -0.3 is 10.2 Å². The molecule has 0 saturated heterocycles. The molecule has 0 unspecified atom stereocenters. The summed E-state index contributed by atoms with van der Waals surface area (Å²) < 4.78 is 0. The van der Waals surface area contributed by atoms with Crippen LogP contribution in [0.5, 0.6) is 0 Å². The summed E-state index contributed by atoms with van der Waals surface area (Å²) in [4.78, 5) is 2.42. The Morgan fingerprint density at radius 1 is 1.21 bits per heavy atom. The van der Waals surface area contributed by atoms with Gasteiger partial charge in [-0.2, -0.15) is 0 Å². The van der Waals surface area contributed by atoms with Crippen LogP contribution in [0.25, 0.3) is 0 Å². The Morgan fingerprint density at radius 2 is 1.89 bits per heavy atom. The molecule has 0 aliphatic heterocycles. The van der Waals surface area contributed by atoms with Crippen LogP contribution in [-0.4, -0.2) is 20.1 Å². The van der Waals surface area contributed by atoms with E-state index in [-0.39, 0.29) is 0 Å². The van der Waals surface area contributed by atoms with Gasteiger partial charge in [-0.3, -0.25) is 0 Å². The fraction of sp³-hybridized carbons (Fsp3) is 0.625. The van der Waals surface area contributed by atoms with Crippen molar-refractivity contribution in [3.05, 3.63) is 28.8 Å². The van der Waals surface area contributed by atoms with E-state index in [1.807, 2.05) is 7.05 Å². The molecule has 19 heavy (non-hydrogen) atoms. The third-order valence-corrected chi connectivity index (χ3v) is 4.14. The lowest BCUT2D eigenvalue weighted by atomic mass is 10.0. The maximum absolute atomic E-state index is 6.35. The van der Waals surface area contributed by atoms with Crippen LogP contribution in [0, 0.1) is 5.92 Å². The zero-order valence-corrected chi connectivity index (χ0v) is 13.4. The molecule has 108 valence electrons. The number of nitrogens with zero attached hydrogens (tertiary/aromatic N) is 1. The smallest absolute Gasteiger partial charge is 0.0471 e. The van der Waals surface area contributed by atoms with Gasteiger partial charge in [0.05, 0.1) is 0 Å². The van der Waals surface area contributed by atoms with Gasteiger partial charge in [0.25, 0.3) is 0 Å². The summed E-state index contributed by atoms with van der Waals surface area (Å²) in [7, 11) is 1.94. The molecule has 1 rings (SSSR count). The Bertz CT molecular complexity index is 375. The van der Waals surface area contributed by atoms with Gasteiger partial charge in [0.2, 0.25) is 0 Å². The second-order valence-corrected chi connectivity index (χ2v) is 5.43. The van der Waals surface area contributed by atoms with Gasteiger partial charge in [0.1, 0.15) is 0 Å². The lowest BCUT2D eigenvalue weighted by Gasteiger charge is -2.28. The summed E-state index contributed by atoms with van der Waals surface area (Å²) >= 11 is 6.35. The van der Waals surface area contributed by atoms with E-state index in [0.29, 0.717) is 0 Å². The normalized spacial score (nSPS) is 11.1. The van der Waals surface area contributed by atoms with Crippen molar-refractivity contribution in [1.29, 1.82) is 0 Å². The minimum Gasteiger partial charge on any atom is -0.371 e. The average Bonchev–Trinajstić information content (AvgIpc) is 2.43. The zero-order chi connectivity index (χ0) is 14.3. The van der Waals surface area contributed by atoms with E-state index in [4.69, 9.17) is 11.6 Å². The molecule has 0 spiro atoms. The number of benzene rings is 1. The third-order valence-electron chi connectivity index (χ3n) is 3.78. The van der Waals surface area contributed by atoms with Crippen LogP contribution >= 0.6 is 11.6 Å². The summed E-state index contributed by atoms with van der Waals surface area (Å²) in [6.45, 7) is 9.70. The first-order chi connectivity index (χ1) is 9.15. The molecule has 0 aromatic heterocycles. The second kappa shape index (κ2) is 8.44. The van der Waals surface area contributed by atoms with E-state index < -0.39 is 0 Å². The monoisotopic (exact) mass is 282 g/mol. The largest absolute Gasteiger partial charge is 0.371 e. The van der Waals surface area contributed by atoms with Crippen LogP contribution < -0.4 is 10.2 Å². The fourth-order valence-electron chi connectivity index (χ4n) is 2.34. The molecule has 0 aliphatic carbocycles. The van der Waals surface area contributed by atoms with Gasteiger partial charge in [-0.1, -0.05) is 44.4 Å². The quantitative estimate of drug-likeness (QED) is 0.764. The molecule has 1 N–H and O–H groups in total. The van der Waals surface area contributed by atoms with E-state index in [1.165, 1.54) is 18.5 Å². The van der Waals surface area contributed by atoms with Gasteiger partial charge in [0, 0.05) is 30.3 Å². The third kappa shape index (κ3) is 4.70. The molecule has 0 atom stereocenters. The second-order valence-electron chi connectivity index (χ2n) is 5.03. The van der Waals surface area contributed by atoms with Gasteiger partial charge >= 0.3 is 0 Å². The molecule has 3 heteroatoms. The molecule has 2 nitrogen and oxygen atoms in total. The highest BCUT2D eigenvalue weighted by atomic mass is 35.5. The van der Waals surface area contributed by atoms with E-state index in [0.717, 1.165) is 36.1 Å². The van der Waals surface area contributed by atoms with Crippen LogP contribution in [0.4, 0.5) is 5.69 Å². The van der Waals surface area contributed by atoms with Crippen molar-refractivity contribution in [3.63, 3.8) is 0 Å². The summed E-state index contributed by atoms with van der Waals surface area (Å²) in [6, 6.07) is 6.41. The fourth-order valence-corrected chi connectivity index (χ4v) is 2.58. The van der Waals surface area contributed by atoms with Gasteiger partial charge in [-0.15, -0.1) is 0 Å². The van der Waals surface area contributed by atoms with E-state index in [1.54, 1.807) is 0 Å². The van der Waals surface area contributed by atoms with E-state index in [2.05, 4.69) is 49.2 Å². The van der Waals surface area contributed by atoms with Gasteiger partial charge in [-0.05, 0) is 37.6 Å².